The van der Waals surface area contributed by atoms with Crippen LogP contribution in [-0.2, 0) is 14.4 Å². The molecule has 2 aromatic heterocycles. The van der Waals surface area contributed by atoms with Crippen LogP contribution in [0.2, 0.25) is 0 Å². The standard InChI is InChI=1S/C30H32FN5O6S/c1-30(2,3)41-29(40)42-35-12-10-34(11-13-35)16-24(37)32-18-6-4-17(5-7-18)20-15-23-21(14-22(20)31)26(38)25-27(39)33-43-28(25)36(23)19-8-9-19/h4-7,14-15,19H,8-13,16H2,1-3H3,(H,32,37)(H,33,39). The number of amides is 1. The van der Waals surface area contributed by atoms with Gasteiger partial charge in [-0.3, -0.25) is 23.7 Å². The molecule has 2 N–H and O–H groups in total. The molecule has 2 fully saturated rings. The van der Waals surface area contributed by atoms with Crippen molar-refractivity contribution in [1.29, 1.82) is 0 Å². The Kier molecular flexibility index (Phi) is 7.57. The summed E-state index contributed by atoms with van der Waals surface area (Å²) in [6.07, 6.45) is 1.10. The van der Waals surface area contributed by atoms with Gasteiger partial charge in [-0.25, -0.2) is 9.18 Å². The van der Waals surface area contributed by atoms with Crippen molar-refractivity contribution in [3.63, 3.8) is 0 Å². The average Bonchev–Trinajstić information content (AvgIpc) is 3.70. The number of hydrogen-bond acceptors (Lipinski definition) is 9. The molecule has 0 radical (unpaired) electrons. The third-order valence-corrected chi connectivity index (χ3v) is 8.28. The Hall–Kier alpha value is -4.07. The maximum Gasteiger partial charge on any atom is 0.528 e. The Balaban J connectivity index is 1.12. The summed E-state index contributed by atoms with van der Waals surface area (Å²) in [6, 6.07) is 9.91. The third kappa shape index (κ3) is 6.19. The van der Waals surface area contributed by atoms with Gasteiger partial charge in [0, 0.05) is 48.9 Å². The first-order valence-electron chi connectivity index (χ1n) is 14.1. The van der Waals surface area contributed by atoms with Crippen molar-refractivity contribution in [2.75, 3.05) is 38.0 Å². The zero-order valence-corrected chi connectivity index (χ0v) is 24.9. The molecule has 4 aromatic rings. The number of aromatic nitrogens is 2. The van der Waals surface area contributed by atoms with Crippen molar-refractivity contribution in [3.8, 4) is 11.1 Å². The van der Waals surface area contributed by atoms with Crippen LogP contribution in [0.1, 0.15) is 39.7 Å². The summed E-state index contributed by atoms with van der Waals surface area (Å²) in [5.74, 6) is -0.765. The number of carbonyl (C=O) groups excluding carboxylic acids is 2. The second-order valence-corrected chi connectivity index (χ2v) is 12.7. The molecule has 13 heteroatoms. The molecule has 0 atom stereocenters. The smallest absolute Gasteiger partial charge is 0.427 e. The highest BCUT2D eigenvalue weighted by atomic mass is 32.1. The highest BCUT2D eigenvalue weighted by molar-refractivity contribution is 7.12. The van der Waals surface area contributed by atoms with Crippen LogP contribution in [0.25, 0.3) is 32.2 Å². The number of carbonyl (C=O) groups is 2. The van der Waals surface area contributed by atoms with E-state index in [4.69, 9.17) is 9.57 Å². The quantitative estimate of drug-likeness (QED) is 0.307. The van der Waals surface area contributed by atoms with E-state index in [0.29, 0.717) is 53.3 Å². The Labute approximate surface area is 249 Å². The minimum atomic E-state index is -0.751. The maximum absolute atomic E-state index is 15.4. The van der Waals surface area contributed by atoms with E-state index in [1.807, 2.05) is 9.47 Å². The number of benzene rings is 2. The number of aromatic amines is 1. The first-order chi connectivity index (χ1) is 20.5. The number of halogens is 1. The number of hydrogen-bond donors (Lipinski definition) is 2. The van der Waals surface area contributed by atoms with Gasteiger partial charge in [0.25, 0.3) is 5.56 Å². The molecule has 3 heterocycles. The van der Waals surface area contributed by atoms with Gasteiger partial charge in [-0.15, -0.1) is 5.06 Å². The lowest BCUT2D eigenvalue weighted by Crippen LogP contribution is -2.49. The van der Waals surface area contributed by atoms with Gasteiger partial charge in [-0.05, 0) is 75.0 Å². The first kappa shape index (κ1) is 29.0. The number of nitrogens with zero attached hydrogens (tertiary/aromatic N) is 3. The van der Waals surface area contributed by atoms with Crippen LogP contribution in [-0.4, -0.2) is 69.3 Å². The Morgan fingerprint density at radius 1 is 1.07 bits per heavy atom. The second kappa shape index (κ2) is 11.2. The van der Waals surface area contributed by atoms with Gasteiger partial charge in [-0.1, -0.05) is 12.1 Å². The van der Waals surface area contributed by atoms with Gasteiger partial charge in [0.15, 0.2) is 0 Å². The van der Waals surface area contributed by atoms with Crippen LogP contribution in [0.5, 0.6) is 0 Å². The number of ether oxygens (including phenoxy) is 1. The molecule has 1 saturated heterocycles. The lowest BCUT2D eigenvalue weighted by Gasteiger charge is -2.33. The summed E-state index contributed by atoms with van der Waals surface area (Å²) in [7, 11) is 0. The normalized spacial score (nSPS) is 16.5. The lowest BCUT2D eigenvalue weighted by molar-refractivity contribution is -0.159. The number of H-pyrrole nitrogens is 1. The van der Waals surface area contributed by atoms with Gasteiger partial charge in [0.05, 0.1) is 12.1 Å². The fourth-order valence-electron chi connectivity index (χ4n) is 5.26. The van der Waals surface area contributed by atoms with Crippen molar-refractivity contribution in [1.82, 2.24) is 18.9 Å². The van der Waals surface area contributed by atoms with Crippen LogP contribution in [0.15, 0.2) is 46.0 Å². The highest BCUT2D eigenvalue weighted by Gasteiger charge is 2.29. The molecule has 1 saturated carbocycles. The molecule has 2 aromatic carbocycles. The number of piperazine rings is 1. The van der Waals surface area contributed by atoms with E-state index in [9.17, 15) is 19.2 Å². The predicted molar refractivity (Wildman–Crippen MR) is 162 cm³/mol. The molecule has 43 heavy (non-hydrogen) atoms. The highest BCUT2D eigenvalue weighted by Crippen LogP contribution is 2.41. The zero-order valence-electron chi connectivity index (χ0n) is 24.1. The fourth-order valence-corrected chi connectivity index (χ4v) is 6.18. The van der Waals surface area contributed by atoms with Crippen molar-refractivity contribution in [3.05, 3.63) is 62.8 Å². The summed E-state index contributed by atoms with van der Waals surface area (Å²) in [5.41, 5.74) is 0.529. The monoisotopic (exact) mass is 609 g/mol. The molecular formula is C30H32FN5O6S. The summed E-state index contributed by atoms with van der Waals surface area (Å²) in [5, 5.41) is 4.66. The van der Waals surface area contributed by atoms with E-state index in [1.54, 1.807) is 51.1 Å². The fraction of sp³-hybridized carbons (Fsp3) is 0.400. The Morgan fingerprint density at radius 3 is 2.42 bits per heavy atom. The molecule has 0 unspecified atom stereocenters. The van der Waals surface area contributed by atoms with Gasteiger partial charge >= 0.3 is 6.16 Å². The SMILES string of the molecule is CC(C)(C)OC(=O)ON1CCN(CC(=O)Nc2ccc(-c3cc4c(cc3F)c(=O)c3c(=O)[nH]sc3n4C3CC3)cc2)CC1. The molecule has 6 rings (SSSR count). The molecule has 1 aliphatic heterocycles. The van der Waals surface area contributed by atoms with E-state index in [2.05, 4.69) is 9.69 Å². The molecule has 2 aliphatic rings. The topological polar surface area (TPSA) is 126 Å². The van der Waals surface area contributed by atoms with Crippen LogP contribution < -0.4 is 16.3 Å². The van der Waals surface area contributed by atoms with E-state index in [-0.39, 0.29) is 29.3 Å². The van der Waals surface area contributed by atoms with E-state index >= 15 is 4.39 Å². The number of anilines is 1. The summed E-state index contributed by atoms with van der Waals surface area (Å²) in [4.78, 5) is 57.8. The lowest BCUT2D eigenvalue weighted by atomic mass is 10.0. The van der Waals surface area contributed by atoms with Crippen LogP contribution in [0.3, 0.4) is 0 Å². The van der Waals surface area contributed by atoms with E-state index in [1.165, 1.54) is 11.1 Å². The van der Waals surface area contributed by atoms with Crippen molar-refractivity contribution >= 4 is 50.4 Å². The van der Waals surface area contributed by atoms with Gasteiger partial charge in [0.1, 0.15) is 21.6 Å². The van der Waals surface area contributed by atoms with Crippen molar-refractivity contribution in [2.24, 2.45) is 0 Å². The molecular weight excluding hydrogens is 577 g/mol. The number of pyridine rings is 1. The predicted octanol–water partition coefficient (Wildman–Crippen LogP) is 4.47. The van der Waals surface area contributed by atoms with Crippen LogP contribution >= 0.6 is 11.5 Å². The number of hydroxylamine groups is 2. The molecule has 11 nitrogen and oxygen atoms in total. The van der Waals surface area contributed by atoms with Crippen molar-refractivity contribution in [2.45, 2.75) is 45.3 Å². The van der Waals surface area contributed by atoms with Gasteiger partial charge in [-0.2, -0.15) is 0 Å². The number of fused-ring (bicyclic) bond motifs is 2. The summed E-state index contributed by atoms with van der Waals surface area (Å²) >= 11 is 1.13. The first-order valence-corrected chi connectivity index (χ1v) is 15.0. The van der Waals surface area contributed by atoms with E-state index in [0.717, 1.165) is 24.4 Å². The zero-order chi connectivity index (χ0) is 30.5. The second-order valence-electron chi connectivity index (χ2n) is 11.9. The summed E-state index contributed by atoms with van der Waals surface area (Å²) < 4.78 is 25.2. The van der Waals surface area contributed by atoms with Crippen LogP contribution in [0.4, 0.5) is 14.9 Å². The minimum Gasteiger partial charge on any atom is -0.427 e. The third-order valence-electron chi connectivity index (χ3n) is 7.40. The molecule has 1 amide bonds. The Morgan fingerprint density at radius 2 is 1.77 bits per heavy atom. The minimum absolute atomic E-state index is 0.0765. The summed E-state index contributed by atoms with van der Waals surface area (Å²) in [6.45, 7) is 7.42. The molecule has 0 spiro atoms. The number of rotatable bonds is 6. The van der Waals surface area contributed by atoms with E-state index < -0.39 is 28.6 Å². The average molecular weight is 610 g/mol. The Bertz CT molecular complexity index is 1830. The largest absolute Gasteiger partial charge is 0.528 e. The van der Waals surface area contributed by atoms with Gasteiger partial charge in [0.2, 0.25) is 11.3 Å². The van der Waals surface area contributed by atoms with Gasteiger partial charge < -0.3 is 19.5 Å². The maximum atomic E-state index is 15.4. The molecule has 1 aliphatic carbocycles. The van der Waals surface area contributed by atoms with Crippen molar-refractivity contribution < 1.29 is 23.6 Å². The number of nitrogens with one attached hydrogen (secondary N) is 2. The molecule has 0 bridgehead atoms. The molecule has 226 valence electrons. The van der Waals surface area contributed by atoms with Crippen LogP contribution in [0, 0.1) is 5.82 Å².